The number of nitrogens with zero attached hydrogens (tertiary/aromatic N) is 2. The van der Waals surface area contributed by atoms with E-state index in [2.05, 4.69) is 36.2 Å². The Morgan fingerprint density at radius 1 is 1.47 bits per heavy atom. The minimum atomic E-state index is -0.0392. The Balaban J connectivity index is 1.84. The van der Waals surface area contributed by atoms with E-state index in [1.165, 1.54) is 24.3 Å². The van der Waals surface area contributed by atoms with Crippen molar-refractivity contribution in [2.45, 2.75) is 51.6 Å². The van der Waals surface area contributed by atoms with Gasteiger partial charge in [0.1, 0.15) is 0 Å². The Morgan fingerprint density at radius 2 is 2.29 bits per heavy atom. The molecular weight excluding hydrogens is 234 g/mol. The van der Waals surface area contributed by atoms with Crippen LogP contribution < -0.4 is 5.32 Å². The lowest BCUT2D eigenvalue weighted by Gasteiger charge is -2.21. The van der Waals surface area contributed by atoms with E-state index in [4.69, 9.17) is 4.52 Å². The van der Waals surface area contributed by atoms with Gasteiger partial charge in [0, 0.05) is 17.2 Å². The number of rotatable bonds is 3. The minimum absolute atomic E-state index is 0.0392. The first-order valence-corrected chi connectivity index (χ1v) is 7.35. The lowest BCUT2D eigenvalue weighted by Crippen LogP contribution is -2.33. The van der Waals surface area contributed by atoms with Crippen molar-refractivity contribution in [2.75, 3.05) is 11.5 Å². The quantitative estimate of drug-likeness (QED) is 0.898. The van der Waals surface area contributed by atoms with E-state index in [1.54, 1.807) is 0 Å². The molecule has 1 fully saturated rings. The van der Waals surface area contributed by atoms with Crippen LogP contribution in [-0.4, -0.2) is 27.7 Å². The van der Waals surface area contributed by atoms with Crippen molar-refractivity contribution < 1.29 is 4.52 Å². The van der Waals surface area contributed by atoms with Crippen LogP contribution in [0, 0.1) is 0 Å². The van der Waals surface area contributed by atoms with Crippen molar-refractivity contribution in [1.82, 2.24) is 15.5 Å². The summed E-state index contributed by atoms with van der Waals surface area (Å²) >= 11 is 2.02. The van der Waals surface area contributed by atoms with Gasteiger partial charge in [-0.1, -0.05) is 25.9 Å². The summed E-state index contributed by atoms with van der Waals surface area (Å²) in [6.07, 6.45) is 2.56. The fraction of sp³-hybridized carbons (Fsp3) is 0.833. The van der Waals surface area contributed by atoms with Gasteiger partial charge in [-0.15, -0.1) is 0 Å². The van der Waals surface area contributed by atoms with E-state index >= 15 is 0 Å². The van der Waals surface area contributed by atoms with Gasteiger partial charge in [0.25, 0.3) is 0 Å². The van der Waals surface area contributed by atoms with Crippen molar-refractivity contribution in [2.24, 2.45) is 0 Å². The smallest absolute Gasteiger partial charge is 0.240 e. The zero-order valence-corrected chi connectivity index (χ0v) is 11.6. The summed E-state index contributed by atoms with van der Waals surface area (Å²) in [4.78, 5) is 4.42. The van der Waals surface area contributed by atoms with Crippen LogP contribution in [0.4, 0.5) is 0 Å². The Hall–Kier alpha value is -0.550. The van der Waals surface area contributed by atoms with Crippen LogP contribution >= 0.6 is 11.8 Å². The molecule has 0 saturated carbocycles. The molecule has 0 radical (unpaired) electrons. The van der Waals surface area contributed by atoms with Crippen LogP contribution in [-0.2, 0) is 12.0 Å². The number of nitrogens with one attached hydrogen (secondary N) is 1. The van der Waals surface area contributed by atoms with Gasteiger partial charge < -0.3 is 9.84 Å². The number of hydrogen-bond donors (Lipinski definition) is 1. The molecule has 4 nitrogen and oxygen atoms in total. The zero-order valence-electron chi connectivity index (χ0n) is 10.8. The molecule has 1 aliphatic heterocycles. The minimum Gasteiger partial charge on any atom is -0.338 e. The largest absolute Gasteiger partial charge is 0.338 e. The van der Waals surface area contributed by atoms with Gasteiger partial charge in [-0.05, 0) is 18.6 Å². The van der Waals surface area contributed by atoms with Crippen molar-refractivity contribution in [1.29, 1.82) is 0 Å². The second kappa shape index (κ2) is 5.40. The van der Waals surface area contributed by atoms with Gasteiger partial charge in [0.2, 0.25) is 5.89 Å². The third-order valence-corrected chi connectivity index (χ3v) is 4.06. The molecule has 2 rings (SSSR count). The first-order chi connectivity index (χ1) is 8.05. The highest BCUT2D eigenvalue weighted by molar-refractivity contribution is 7.99. The molecule has 5 heteroatoms. The maximum absolute atomic E-state index is 5.25. The third kappa shape index (κ3) is 3.71. The van der Waals surface area contributed by atoms with Crippen molar-refractivity contribution >= 4 is 11.8 Å². The van der Waals surface area contributed by atoms with Crippen LogP contribution in [0.5, 0.6) is 0 Å². The monoisotopic (exact) mass is 255 g/mol. The van der Waals surface area contributed by atoms with E-state index in [-0.39, 0.29) is 5.41 Å². The molecule has 2 heterocycles. The molecule has 1 N–H and O–H groups in total. The molecule has 1 aliphatic rings. The number of aromatic nitrogens is 2. The summed E-state index contributed by atoms with van der Waals surface area (Å²) in [6, 6.07) is 0.596. The van der Waals surface area contributed by atoms with Crippen LogP contribution in [0.1, 0.15) is 45.3 Å². The van der Waals surface area contributed by atoms with Gasteiger partial charge >= 0.3 is 0 Å². The Morgan fingerprint density at radius 3 is 2.88 bits per heavy atom. The lowest BCUT2D eigenvalue weighted by atomic mass is 9.96. The third-order valence-electron chi connectivity index (χ3n) is 2.84. The topological polar surface area (TPSA) is 51.0 Å². The molecule has 1 saturated heterocycles. The molecule has 17 heavy (non-hydrogen) atoms. The summed E-state index contributed by atoms with van der Waals surface area (Å²) in [5.41, 5.74) is -0.0392. The average Bonchev–Trinajstić information content (AvgIpc) is 2.76. The fourth-order valence-electron chi connectivity index (χ4n) is 1.76. The highest BCUT2D eigenvalue weighted by Crippen LogP contribution is 2.19. The molecule has 0 aromatic carbocycles. The maximum atomic E-state index is 5.25. The Kier molecular flexibility index (Phi) is 4.09. The van der Waals surface area contributed by atoms with Crippen LogP contribution in [0.2, 0.25) is 0 Å². The molecule has 1 aromatic heterocycles. The van der Waals surface area contributed by atoms with Crippen molar-refractivity contribution in [3.05, 3.63) is 11.7 Å². The first kappa shape index (κ1) is 12.9. The highest BCUT2D eigenvalue weighted by Gasteiger charge is 2.21. The molecule has 0 amide bonds. The van der Waals surface area contributed by atoms with E-state index < -0.39 is 0 Å². The molecule has 0 spiro atoms. The van der Waals surface area contributed by atoms with E-state index in [0.29, 0.717) is 18.5 Å². The second-order valence-corrected chi connectivity index (χ2v) is 6.71. The summed E-state index contributed by atoms with van der Waals surface area (Å²) in [6.45, 7) is 6.96. The zero-order chi connectivity index (χ0) is 12.3. The van der Waals surface area contributed by atoms with Gasteiger partial charge in [0.15, 0.2) is 5.82 Å². The molecule has 96 valence electrons. The van der Waals surface area contributed by atoms with Crippen LogP contribution in [0.15, 0.2) is 4.52 Å². The second-order valence-electron chi connectivity index (χ2n) is 5.56. The molecule has 0 aliphatic carbocycles. The fourth-order valence-corrected chi connectivity index (χ4v) is 2.87. The van der Waals surface area contributed by atoms with E-state index in [0.717, 1.165) is 5.82 Å². The van der Waals surface area contributed by atoms with Gasteiger partial charge in [0.05, 0.1) is 6.54 Å². The standard InChI is InChI=1S/C12H21N3OS/c1-12(2,3)11-14-10(16-15-11)7-13-9-5-4-6-17-8-9/h9,13H,4-8H2,1-3H3/t9-/m0/s1. The van der Waals surface area contributed by atoms with Crippen LogP contribution in [0.3, 0.4) is 0 Å². The summed E-state index contributed by atoms with van der Waals surface area (Å²) in [5.74, 6) is 3.98. The molecule has 1 atom stereocenters. The van der Waals surface area contributed by atoms with Crippen LogP contribution in [0.25, 0.3) is 0 Å². The molecule has 0 bridgehead atoms. The van der Waals surface area contributed by atoms with Gasteiger partial charge in [-0.2, -0.15) is 16.7 Å². The highest BCUT2D eigenvalue weighted by atomic mass is 32.2. The lowest BCUT2D eigenvalue weighted by molar-refractivity contribution is 0.346. The normalized spacial score (nSPS) is 21.7. The Bertz CT molecular complexity index is 353. The molecular formula is C12H21N3OS. The average molecular weight is 255 g/mol. The van der Waals surface area contributed by atoms with Crippen molar-refractivity contribution in [3.8, 4) is 0 Å². The molecule has 1 aromatic rings. The first-order valence-electron chi connectivity index (χ1n) is 6.20. The number of thioether (sulfide) groups is 1. The van der Waals surface area contributed by atoms with Gasteiger partial charge in [-0.25, -0.2) is 0 Å². The predicted octanol–water partition coefficient (Wildman–Crippen LogP) is 2.35. The summed E-state index contributed by atoms with van der Waals surface area (Å²) < 4.78 is 5.25. The predicted molar refractivity (Wildman–Crippen MR) is 70.2 cm³/mol. The summed E-state index contributed by atoms with van der Waals surface area (Å²) in [7, 11) is 0. The van der Waals surface area contributed by atoms with E-state index in [1.807, 2.05) is 11.8 Å². The Labute approximate surface area is 107 Å². The molecule has 0 unspecified atom stereocenters. The number of hydrogen-bond acceptors (Lipinski definition) is 5. The van der Waals surface area contributed by atoms with Gasteiger partial charge in [-0.3, -0.25) is 0 Å². The van der Waals surface area contributed by atoms with E-state index in [9.17, 15) is 0 Å². The van der Waals surface area contributed by atoms with Crippen molar-refractivity contribution in [3.63, 3.8) is 0 Å². The SMILES string of the molecule is CC(C)(C)c1noc(CN[C@H]2CCCSC2)n1. The summed E-state index contributed by atoms with van der Waals surface area (Å²) in [5, 5.41) is 7.51. The maximum Gasteiger partial charge on any atom is 0.240 e.